The maximum Gasteiger partial charge on any atom is 0.125 e. The lowest BCUT2D eigenvalue weighted by Gasteiger charge is -2.16. The second kappa shape index (κ2) is 6.47. The number of para-hydroxylation sites is 1. The Morgan fingerprint density at radius 3 is 2.64 bits per heavy atom. The molecule has 3 heteroatoms. The predicted molar refractivity (Wildman–Crippen MR) is 88.7 cm³/mol. The largest absolute Gasteiger partial charge is 0.507 e. The van der Waals surface area contributed by atoms with Crippen LogP contribution in [0.25, 0.3) is 11.3 Å². The minimum Gasteiger partial charge on any atom is -0.507 e. The first kappa shape index (κ1) is 15.0. The molecule has 0 aliphatic heterocycles. The lowest BCUT2D eigenvalue weighted by molar-refractivity contribution is 0.420. The third-order valence-corrected chi connectivity index (χ3v) is 4.82. The molecular formula is C19H24N2O. The smallest absolute Gasteiger partial charge is 0.125 e. The van der Waals surface area contributed by atoms with Crippen LogP contribution >= 0.6 is 0 Å². The fourth-order valence-electron chi connectivity index (χ4n) is 3.35. The number of hydrogen-bond acceptors (Lipinski definition) is 3. The van der Waals surface area contributed by atoms with Gasteiger partial charge in [-0.05, 0) is 54.4 Å². The van der Waals surface area contributed by atoms with Gasteiger partial charge in [0.2, 0.25) is 0 Å². The van der Waals surface area contributed by atoms with Crippen molar-refractivity contribution in [3.8, 4) is 17.0 Å². The molecule has 1 aromatic carbocycles. The highest BCUT2D eigenvalue weighted by Gasteiger charge is 2.20. The van der Waals surface area contributed by atoms with E-state index in [0.717, 1.165) is 30.0 Å². The summed E-state index contributed by atoms with van der Waals surface area (Å²) in [6.07, 6.45) is 7.74. The van der Waals surface area contributed by atoms with Gasteiger partial charge < -0.3 is 5.11 Å². The lowest BCUT2D eigenvalue weighted by Crippen LogP contribution is -2.06. The quantitative estimate of drug-likeness (QED) is 0.849. The number of fused-ring (bicyclic) bond motifs is 1. The van der Waals surface area contributed by atoms with E-state index in [2.05, 4.69) is 24.0 Å². The van der Waals surface area contributed by atoms with Crippen molar-refractivity contribution in [2.75, 3.05) is 0 Å². The summed E-state index contributed by atoms with van der Waals surface area (Å²) in [5.41, 5.74) is 4.23. The Morgan fingerprint density at radius 1 is 1.05 bits per heavy atom. The highest BCUT2D eigenvalue weighted by Crippen LogP contribution is 2.34. The molecule has 1 aliphatic rings. The Hall–Kier alpha value is -1.90. The second-order valence-corrected chi connectivity index (χ2v) is 6.74. The van der Waals surface area contributed by atoms with Crippen LogP contribution in [0.3, 0.4) is 0 Å². The van der Waals surface area contributed by atoms with E-state index in [1.54, 1.807) is 6.07 Å². The molecule has 3 rings (SSSR count). The monoisotopic (exact) mass is 296 g/mol. The van der Waals surface area contributed by atoms with Crippen LogP contribution in [-0.4, -0.2) is 15.3 Å². The van der Waals surface area contributed by atoms with Crippen LogP contribution in [-0.2, 0) is 12.8 Å². The number of aromatic hydroxyl groups is 1. The average molecular weight is 296 g/mol. The van der Waals surface area contributed by atoms with Gasteiger partial charge in [0.15, 0.2) is 0 Å². The summed E-state index contributed by atoms with van der Waals surface area (Å²) in [6, 6.07) is 7.43. The summed E-state index contributed by atoms with van der Waals surface area (Å²) in [6.45, 7) is 4.66. The molecule has 22 heavy (non-hydrogen) atoms. The molecule has 2 atom stereocenters. The lowest BCUT2D eigenvalue weighted by atomic mass is 9.91. The number of aryl methyl sites for hydroxylation is 1. The molecule has 0 fully saturated rings. The van der Waals surface area contributed by atoms with Gasteiger partial charge in [-0.15, -0.1) is 0 Å². The van der Waals surface area contributed by atoms with E-state index >= 15 is 0 Å². The Kier molecular flexibility index (Phi) is 4.41. The van der Waals surface area contributed by atoms with Gasteiger partial charge in [0, 0.05) is 5.56 Å². The van der Waals surface area contributed by atoms with Crippen LogP contribution in [0.2, 0.25) is 0 Å². The Bertz CT molecular complexity index is 654. The summed E-state index contributed by atoms with van der Waals surface area (Å²) < 4.78 is 0. The molecule has 0 saturated heterocycles. The van der Waals surface area contributed by atoms with Crippen molar-refractivity contribution in [3.05, 3.63) is 41.6 Å². The Morgan fingerprint density at radius 2 is 1.82 bits per heavy atom. The fourth-order valence-corrected chi connectivity index (χ4v) is 3.35. The number of benzene rings is 1. The van der Waals surface area contributed by atoms with E-state index < -0.39 is 0 Å². The topological polar surface area (TPSA) is 46.0 Å². The van der Waals surface area contributed by atoms with Crippen molar-refractivity contribution in [1.29, 1.82) is 0 Å². The number of hydrogen-bond donors (Lipinski definition) is 1. The molecule has 1 N–H and O–H groups in total. The molecule has 0 amide bonds. The van der Waals surface area contributed by atoms with Crippen molar-refractivity contribution >= 4 is 0 Å². The van der Waals surface area contributed by atoms with Crippen molar-refractivity contribution in [2.45, 2.75) is 46.0 Å². The number of nitrogens with zero attached hydrogens (tertiary/aromatic N) is 2. The van der Waals surface area contributed by atoms with E-state index in [1.165, 1.54) is 30.4 Å². The Labute approximate surface area is 132 Å². The van der Waals surface area contributed by atoms with Gasteiger partial charge in [0.05, 0.1) is 6.20 Å². The molecule has 1 aromatic heterocycles. The van der Waals surface area contributed by atoms with Gasteiger partial charge in [-0.25, -0.2) is 0 Å². The molecule has 0 radical (unpaired) electrons. The maximum atomic E-state index is 10.2. The third-order valence-electron chi connectivity index (χ3n) is 4.82. The van der Waals surface area contributed by atoms with Crippen LogP contribution in [0.4, 0.5) is 0 Å². The van der Waals surface area contributed by atoms with Crippen LogP contribution in [0, 0.1) is 11.8 Å². The molecule has 0 spiro atoms. The van der Waals surface area contributed by atoms with Gasteiger partial charge in [0.1, 0.15) is 11.4 Å². The maximum absolute atomic E-state index is 10.2. The van der Waals surface area contributed by atoms with Crippen LogP contribution in [0.15, 0.2) is 30.5 Å². The molecule has 3 nitrogen and oxygen atoms in total. The van der Waals surface area contributed by atoms with Gasteiger partial charge in [-0.3, -0.25) is 0 Å². The first-order valence-electron chi connectivity index (χ1n) is 8.27. The van der Waals surface area contributed by atoms with Gasteiger partial charge >= 0.3 is 0 Å². The van der Waals surface area contributed by atoms with Crippen molar-refractivity contribution in [3.63, 3.8) is 0 Å². The minimum atomic E-state index is 0.283. The first-order chi connectivity index (χ1) is 10.6. The molecule has 0 bridgehead atoms. The number of phenols is 1. The molecule has 116 valence electrons. The zero-order chi connectivity index (χ0) is 15.5. The molecular weight excluding hydrogens is 272 g/mol. The number of rotatable bonds is 1. The second-order valence-electron chi connectivity index (χ2n) is 6.74. The number of aromatic nitrogens is 2. The summed E-state index contributed by atoms with van der Waals surface area (Å²) in [4.78, 5) is 0. The zero-order valence-corrected chi connectivity index (χ0v) is 13.4. The van der Waals surface area contributed by atoms with E-state index in [-0.39, 0.29) is 5.75 Å². The summed E-state index contributed by atoms with van der Waals surface area (Å²) in [7, 11) is 0. The third kappa shape index (κ3) is 3.13. The van der Waals surface area contributed by atoms with Crippen LogP contribution in [0.1, 0.15) is 44.2 Å². The van der Waals surface area contributed by atoms with Crippen LogP contribution < -0.4 is 0 Å². The fraction of sp³-hybridized carbons (Fsp3) is 0.474. The SMILES string of the molecule is CC1CCc2cnnc(-c3ccccc3O)c2CC(C)CC1. The normalized spacial score (nSPS) is 22.3. The van der Waals surface area contributed by atoms with E-state index in [9.17, 15) is 5.11 Å². The van der Waals surface area contributed by atoms with Crippen molar-refractivity contribution < 1.29 is 5.11 Å². The molecule has 1 heterocycles. The zero-order valence-electron chi connectivity index (χ0n) is 13.4. The summed E-state index contributed by atoms with van der Waals surface area (Å²) in [5.74, 6) is 1.68. The Balaban J connectivity index is 2.08. The standard InChI is InChI=1S/C19H24N2O/c1-13-7-8-14(2)11-17-15(10-9-13)12-20-21-19(17)16-5-3-4-6-18(16)22/h3-6,12-14,22H,7-11H2,1-2H3. The van der Waals surface area contributed by atoms with Crippen molar-refractivity contribution in [1.82, 2.24) is 10.2 Å². The summed E-state index contributed by atoms with van der Waals surface area (Å²) in [5, 5.41) is 18.8. The van der Waals surface area contributed by atoms with Crippen LogP contribution in [0.5, 0.6) is 5.75 Å². The highest BCUT2D eigenvalue weighted by molar-refractivity contribution is 5.70. The first-order valence-corrected chi connectivity index (χ1v) is 8.27. The molecule has 2 unspecified atom stereocenters. The van der Waals surface area contributed by atoms with E-state index in [1.807, 2.05) is 24.4 Å². The van der Waals surface area contributed by atoms with Gasteiger partial charge in [0.25, 0.3) is 0 Å². The molecule has 2 aromatic rings. The van der Waals surface area contributed by atoms with E-state index in [0.29, 0.717) is 5.92 Å². The van der Waals surface area contributed by atoms with E-state index in [4.69, 9.17) is 0 Å². The minimum absolute atomic E-state index is 0.283. The van der Waals surface area contributed by atoms with Gasteiger partial charge in [-0.2, -0.15) is 10.2 Å². The summed E-state index contributed by atoms with van der Waals surface area (Å²) >= 11 is 0. The molecule has 0 saturated carbocycles. The average Bonchev–Trinajstić information content (AvgIpc) is 2.58. The predicted octanol–water partition coefficient (Wildman–Crippen LogP) is 4.39. The molecule has 1 aliphatic carbocycles. The number of phenolic OH excluding ortho intramolecular Hbond substituents is 1. The van der Waals surface area contributed by atoms with Gasteiger partial charge in [-0.1, -0.05) is 38.8 Å². The van der Waals surface area contributed by atoms with Crippen molar-refractivity contribution in [2.24, 2.45) is 11.8 Å². The highest BCUT2D eigenvalue weighted by atomic mass is 16.3.